The molecule has 1 aromatic carbocycles. The largest absolute Gasteiger partial charge is 0.423 e. The van der Waals surface area contributed by atoms with Crippen molar-refractivity contribution in [1.29, 1.82) is 0 Å². The lowest BCUT2D eigenvalue weighted by molar-refractivity contribution is -0.128. The van der Waals surface area contributed by atoms with Gasteiger partial charge in [0.1, 0.15) is 5.75 Å². The molecule has 0 unspecified atom stereocenters. The molecular weight excluding hydrogens is 164 g/mol. The maximum absolute atomic E-state index is 11.0. The van der Waals surface area contributed by atoms with Crippen molar-refractivity contribution >= 4 is 5.97 Å². The van der Waals surface area contributed by atoms with Crippen LogP contribution < -0.4 is 4.74 Å². The summed E-state index contributed by atoms with van der Waals surface area (Å²) in [4.78, 5) is 11.0. The van der Waals surface area contributed by atoms with Gasteiger partial charge in [0.05, 0.1) is 0 Å². The summed E-state index contributed by atoms with van der Waals surface area (Å²) >= 11 is 0. The third kappa shape index (κ3) is 3.11. The third-order valence-corrected chi connectivity index (χ3v) is 1.51. The van der Waals surface area contributed by atoms with Gasteiger partial charge < -0.3 is 4.74 Å². The predicted molar refractivity (Wildman–Crippen MR) is 51.6 cm³/mol. The molecule has 0 aliphatic rings. The van der Waals surface area contributed by atoms with Crippen molar-refractivity contribution in [3.63, 3.8) is 0 Å². The smallest absolute Gasteiger partial charge is 0.335 e. The molecule has 13 heavy (non-hydrogen) atoms. The number of carbonyl (C=O) groups is 1. The highest BCUT2D eigenvalue weighted by atomic mass is 16.5. The van der Waals surface area contributed by atoms with E-state index in [4.69, 9.17) is 4.74 Å². The van der Waals surface area contributed by atoms with Crippen molar-refractivity contribution in [1.82, 2.24) is 0 Å². The molecule has 0 fully saturated rings. The number of allylic oxidation sites excluding steroid dienone is 1. The van der Waals surface area contributed by atoms with E-state index in [1.54, 1.807) is 19.1 Å². The highest BCUT2D eigenvalue weighted by Crippen LogP contribution is 2.12. The van der Waals surface area contributed by atoms with E-state index in [-0.39, 0.29) is 5.97 Å². The van der Waals surface area contributed by atoms with Crippen molar-refractivity contribution in [3.8, 4) is 5.75 Å². The van der Waals surface area contributed by atoms with Crippen LogP contribution in [0.2, 0.25) is 0 Å². The minimum absolute atomic E-state index is 0.340. The number of carbonyl (C=O) groups excluding carboxylic acids is 1. The second-order valence-electron chi connectivity index (χ2n) is 2.74. The molecule has 0 radical (unpaired) electrons. The number of rotatable bonds is 2. The Morgan fingerprint density at radius 3 is 2.85 bits per heavy atom. The average Bonchev–Trinajstić information content (AvgIpc) is 2.04. The summed E-state index contributed by atoms with van der Waals surface area (Å²) in [6.07, 6.45) is 3.04. The van der Waals surface area contributed by atoms with Gasteiger partial charge in [0.2, 0.25) is 0 Å². The lowest BCUT2D eigenvalue weighted by Gasteiger charge is -2.01. The van der Waals surface area contributed by atoms with Crippen molar-refractivity contribution in [2.75, 3.05) is 0 Å². The zero-order chi connectivity index (χ0) is 9.68. The molecule has 0 aliphatic carbocycles. The Labute approximate surface area is 77.8 Å². The molecule has 2 heteroatoms. The van der Waals surface area contributed by atoms with Gasteiger partial charge in [0, 0.05) is 6.08 Å². The fourth-order valence-corrected chi connectivity index (χ4v) is 0.965. The van der Waals surface area contributed by atoms with Crippen LogP contribution >= 0.6 is 0 Å². The molecule has 68 valence electrons. The van der Waals surface area contributed by atoms with Gasteiger partial charge in [0.15, 0.2) is 0 Å². The molecule has 1 aromatic rings. The van der Waals surface area contributed by atoms with Crippen LogP contribution in [0.3, 0.4) is 0 Å². The first-order chi connectivity index (χ1) is 6.22. The summed E-state index contributed by atoms with van der Waals surface area (Å²) < 4.78 is 5.01. The van der Waals surface area contributed by atoms with E-state index in [2.05, 4.69) is 0 Å². The van der Waals surface area contributed by atoms with Gasteiger partial charge in [-0.3, -0.25) is 0 Å². The fourth-order valence-electron chi connectivity index (χ4n) is 0.965. The van der Waals surface area contributed by atoms with E-state index in [1.807, 2.05) is 25.1 Å². The number of esters is 1. The zero-order valence-electron chi connectivity index (χ0n) is 7.78. The monoisotopic (exact) mass is 176 g/mol. The van der Waals surface area contributed by atoms with Crippen LogP contribution in [0.1, 0.15) is 12.5 Å². The number of aryl methyl sites for hydroxylation is 1. The standard InChI is InChI=1S/C11H12O2/c1-3-5-11(12)13-10-7-4-6-9(2)8-10/h3-8H,1-2H3/b5-3+. The second-order valence-corrected chi connectivity index (χ2v) is 2.74. The average molecular weight is 176 g/mol. The maximum atomic E-state index is 11.0. The van der Waals surface area contributed by atoms with Gasteiger partial charge in [-0.15, -0.1) is 0 Å². The van der Waals surface area contributed by atoms with E-state index in [1.165, 1.54) is 6.08 Å². The molecule has 0 saturated carbocycles. The molecule has 0 aromatic heterocycles. The Morgan fingerprint density at radius 2 is 2.23 bits per heavy atom. The number of benzene rings is 1. The Bertz CT molecular complexity index is 327. The van der Waals surface area contributed by atoms with E-state index >= 15 is 0 Å². The Kier molecular flexibility index (Phi) is 3.26. The first kappa shape index (κ1) is 9.52. The quantitative estimate of drug-likeness (QED) is 0.393. The number of hydrogen-bond acceptors (Lipinski definition) is 2. The predicted octanol–water partition coefficient (Wildman–Crippen LogP) is 2.48. The summed E-state index contributed by atoms with van der Waals surface area (Å²) in [6, 6.07) is 7.39. The zero-order valence-corrected chi connectivity index (χ0v) is 7.78. The van der Waals surface area contributed by atoms with Gasteiger partial charge >= 0.3 is 5.97 Å². The Balaban J connectivity index is 2.69. The van der Waals surface area contributed by atoms with Crippen LogP contribution in [0.5, 0.6) is 5.75 Å². The topological polar surface area (TPSA) is 26.3 Å². The van der Waals surface area contributed by atoms with Crippen molar-refractivity contribution < 1.29 is 9.53 Å². The van der Waals surface area contributed by atoms with E-state index < -0.39 is 0 Å². The number of hydrogen-bond donors (Lipinski definition) is 0. The van der Waals surface area contributed by atoms with E-state index in [0.29, 0.717) is 5.75 Å². The summed E-state index contributed by atoms with van der Waals surface area (Å²) in [6.45, 7) is 3.73. The first-order valence-electron chi connectivity index (χ1n) is 4.13. The van der Waals surface area contributed by atoms with Crippen LogP contribution in [0, 0.1) is 6.92 Å². The van der Waals surface area contributed by atoms with Gasteiger partial charge in [-0.25, -0.2) is 4.79 Å². The summed E-state index contributed by atoms with van der Waals surface area (Å²) in [5, 5.41) is 0. The van der Waals surface area contributed by atoms with Crippen LogP contribution in [0.4, 0.5) is 0 Å². The third-order valence-electron chi connectivity index (χ3n) is 1.51. The van der Waals surface area contributed by atoms with Gasteiger partial charge in [-0.2, -0.15) is 0 Å². The van der Waals surface area contributed by atoms with Gasteiger partial charge in [-0.1, -0.05) is 18.2 Å². The molecule has 0 N–H and O–H groups in total. The van der Waals surface area contributed by atoms with Crippen LogP contribution in [0.15, 0.2) is 36.4 Å². The highest BCUT2D eigenvalue weighted by molar-refractivity contribution is 5.83. The molecule has 0 aliphatic heterocycles. The molecule has 1 rings (SSSR count). The van der Waals surface area contributed by atoms with Crippen LogP contribution in [-0.4, -0.2) is 5.97 Å². The molecule has 2 nitrogen and oxygen atoms in total. The lowest BCUT2D eigenvalue weighted by Crippen LogP contribution is -2.03. The Morgan fingerprint density at radius 1 is 1.46 bits per heavy atom. The maximum Gasteiger partial charge on any atom is 0.335 e. The SMILES string of the molecule is C/C=C/C(=O)Oc1cccc(C)c1. The molecule has 0 heterocycles. The molecule has 0 atom stereocenters. The minimum Gasteiger partial charge on any atom is -0.423 e. The summed E-state index contributed by atoms with van der Waals surface area (Å²) in [5.74, 6) is 0.246. The Hall–Kier alpha value is -1.57. The van der Waals surface area contributed by atoms with Crippen LogP contribution in [-0.2, 0) is 4.79 Å². The molecule has 0 amide bonds. The fraction of sp³-hybridized carbons (Fsp3) is 0.182. The van der Waals surface area contributed by atoms with E-state index in [9.17, 15) is 4.79 Å². The normalized spacial score (nSPS) is 10.3. The van der Waals surface area contributed by atoms with Crippen molar-refractivity contribution in [3.05, 3.63) is 42.0 Å². The first-order valence-corrected chi connectivity index (χ1v) is 4.13. The summed E-state index contributed by atoms with van der Waals surface area (Å²) in [5.41, 5.74) is 1.07. The van der Waals surface area contributed by atoms with Crippen LogP contribution in [0.25, 0.3) is 0 Å². The molecule has 0 spiro atoms. The molecule has 0 saturated heterocycles. The minimum atomic E-state index is -0.340. The summed E-state index contributed by atoms with van der Waals surface area (Å²) in [7, 11) is 0. The lowest BCUT2D eigenvalue weighted by atomic mass is 10.2. The highest BCUT2D eigenvalue weighted by Gasteiger charge is 1.98. The van der Waals surface area contributed by atoms with Crippen molar-refractivity contribution in [2.45, 2.75) is 13.8 Å². The second kappa shape index (κ2) is 4.45. The molecule has 0 bridgehead atoms. The van der Waals surface area contributed by atoms with Gasteiger partial charge in [-0.05, 0) is 31.5 Å². The van der Waals surface area contributed by atoms with Gasteiger partial charge in [0.25, 0.3) is 0 Å². The number of ether oxygens (including phenoxy) is 1. The van der Waals surface area contributed by atoms with Crippen molar-refractivity contribution in [2.24, 2.45) is 0 Å². The van der Waals surface area contributed by atoms with E-state index in [0.717, 1.165) is 5.56 Å². The molecular formula is C11H12O2.